The van der Waals surface area contributed by atoms with Crippen molar-refractivity contribution in [1.29, 1.82) is 5.26 Å². The van der Waals surface area contributed by atoms with Gasteiger partial charge in [0.15, 0.2) is 0 Å². The number of aliphatic hydroxyl groups is 2. The standard InChI is InChI=1S/C31H40N4O4/c1-6-31(38,7-2)30-34-27(20-35(30)8-3)23-11-9-22(10-12-23)17-26(15-16-36)33-29(37)24-13-14-28(39-21(4)5)25(18-24)19-32/h9-14,18,20-21,26,36,38H,6-8,15-17H2,1-5H3,(H,33,37). The van der Waals surface area contributed by atoms with Crippen LogP contribution in [-0.4, -0.2) is 44.4 Å². The average molecular weight is 533 g/mol. The molecule has 8 heteroatoms. The molecule has 0 saturated heterocycles. The van der Waals surface area contributed by atoms with Crippen LogP contribution < -0.4 is 10.1 Å². The number of aryl methyl sites for hydroxylation is 1. The molecule has 3 N–H and O–H groups in total. The third-order valence-corrected chi connectivity index (χ3v) is 6.97. The van der Waals surface area contributed by atoms with E-state index in [2.05, 4.69) is 11.4 Å². The molecule has 208 valence electrons. The number of nitrogens with zero attached hydrogens (tertiary/aromatic N) is 3. The third-order valence-electron chi connectivity index (χ3n) is 6.97. The first-order valence-corrected chi connectivity index (χ1v) is 13.7. The molecule has 0 spiro atoms. The molecule has 1 amide bonds. The number of carbonyl (C=O) groups excluding carboxylic acids is 1. The van der Waals surface area contributed by atoms with Gasteiger partial charge in [-0.2, -0.15) is 5.26 Å². The number of nitriles is 1. The highest BCUT2D eigenvalue weighted by atomic mass is 16.5. The Morgan fingerprint density at radius 3 is 2.41 bits per heavy atom. The number of nitrogens with one attached hydrogen (secondary N) is 1. The second-order valence-electron chi connectivity index (χ2n) is 10.0. The Morgan fingerprint density at radius 2 is 1.85 bits per heavy atom. The first-order valence-electron chi connectivity index (χ1n) is 13.7. The maximum absolute atomic E-state index is 13.0. The molecule has 0 saturated carbocycles. The maximum atomic E-state index is 13.0. The van der Waals surface area contributed by atoms with Gasteiger partial charge in [0.2, 0.25) is 0 Å². The van der Waals surface area contributed by atoms with E-state index in [1.165, 1.54) is 6.07 Å². The topological polar surface area (TPSA) is 120 Å². The van der Waals surface area contributed by atoms with Crippen LogP contribution >= 0.6 is 0 Å². The van der Waals surface area contributed by atoms with Gasteiger partial charge < -0.3 is 24.8 Å². The van der Waals surface area contributed by atoms with Crippen molar-refractivity contribution in [2.24, 2.45) is 0 Å². The minimum atomic E-state index is -0.959. The molecule has 0 bridgehead atoms. The van der Waals surface area contributed by atoms with E-state index in [-0.39, 0.29) is 24.7 Å². The number of carbonyl (C=O) groups is 1. The van der Waals surface area contributed by atoms with E-state index in [4.69, 9.17) is 9.72 Å². The van der Waals surface area contributed by atoms with Crippen molar-refractivity contribution in [3.63, 3.8) is 0 Å². The molecular weight excluding hydrogens is 492 g/mol. The molecule has 0 aliphatic carbocycles. The van der Waals surface area contributed by atoms with Crippen molar-refractivity contribution in [1.82, 2.24) is 14.9 Å². The second-order valence-corrected chi connectivity index (χ2v) is 10.0. The van der Waals surface area contributed by atoms with E-state index in [0.29, 0.717) is 54.9 Å². The van der Waals surface area contributed by atoms with Crippen LogP contribution in [0.4, 0.5) is 0 Å². The fourth-order valence-corrected chi connectivity index (χ4v) is 4.59. The van der Waals surface area contributed by atoms with Gasteiger partial charge in [0.05, 0.1) is 17.4 Å². The Morgan fingerprint density at radius 1 is 1.15 bits per heavy atom. The zero-order valence-electron chi connectivity index (χ0n) is 23.6. The summed E-state index contributed by atoms with van der Waals surface area (Å²) in [5, 5.41) is 33.1. The SMILES string of the molecule is CCn1cc(-c2ccc(CC(CCO)NC(=O)c3ccc(OC(C)C)c(C#N)c3)cc2)nc1C(O)(CC)CC. The summed E-state index contributed by atoms with van der Waals surface area (Å²) < 4.78 is 7.65. The van der Waals surface area contributed by atoms with Crippen LogP contribution in [0.5, 0.6) is 5.75 Å². The van der Waals surface area contributed by atoms with Crippen molar-refractivity contribution in [3.05, 3.63) is 71.2 Å². The lowest BCUT2D eigenvalue weighted by Crippen LogP contribution is -2.37. The molecule has 1 aromatic heterocycles. The highest BCUT2D eigenvalue weighted by Gasteiger charge is 2.30. The molecule has 0 aliphatic rings. The number of aromatic nitrogens is 2. The zero-order valence-corrected chi connectivity index (χ0v) is 23.6. The van der Waals surface area contributed by atoms with Crippen LogP contribution in [0.1, 0.15) is 81.2 Å². The molecule has 3 rings (SSSR count). The van der Waals surface area contributed by atoms with E-state index >= 15 is 0 Å². The molecule has 0 aliphatic heterocycles. The lowest BCUT2D eigenvalue weighted by molar-refractivity contribution is 0.0161. The van der Waals surface area contributed by atoms with E-state index in [1.54, 1.807) is 12.1 Å². The highest BCUT2D eigenvalue weighted by Crippen LogP contribution is 2.31. The van der Waals surface area contributed by atoms with Gasteiger partial charge in [0.25, 0.3) is 5.91 Å². The minimum absolute atomic E-state index is 0.0668. The molecule has 3 aromatic rings. The third kappa shape index (κ3) is 7.25. The fraction of sp³-hybridized carbons (Fsp3) is 0.452. The molecular formula is C31H40N4O4. The van der Waals surface area contributed by atoms with Gasteiger partial charge in [0.1, 0.15) is 23.2 Å². The van der Waals surface area contributed by atoms with E-state index in [0.717, 1.165) is 16.8 Å². The first kappa shape index (κ1) is 29.9. The fourth-order valence-electron chi connectivity index (χ4n) is 4.59. The number of imidazole rings is 1. The van der Waals surface area contributed by atoms with Crippen molar-refractivity contribution in [2.45, 2.75) is 84.6 Å². The summed E-state index contributed by atoms with van der Waals surface area (Å²) in [6.45, 7) is 10.4. The predicted octanol–water partition coefficient (Wildman–Crippen LogP) is 4.96. The average Bonchev–Trinajstić information content (AvgIpc) is 3.38. The van der Waals surface area contributed by atoms with Gasteiger partial charge in [0, 0.05) is 36.5 Å². The second kappa shape index (κ2) is 13.4. The summed E-state index contributed by atoms with van der Waals surface area (Å²) in [5.41, 5.74) is 2.46. The molecule has 39 heavy (non-hydrogen) atoms. The van der Waals surface area contributed by atoms with Crippen LogP contribution in [-0.2, 0) is 18.6 Å². The Bertz CT molecular complexity index is 1290. The monoisotopic (exact) mass is 532 g/mol. The van der Waals surface area contributed by atoms with Crippen molar-refractivity contribution in [2.75, 3.05) is 6.61 Å². The Kier molecular flexibility index (Phi) is 10.3. The molecule has 0 fully saturated rings. The van der Waals surface area contributed by atoms with Gasteiger partial charge in [-0.3, -0.25) is 4.79 Å². The lowest BCUT2D eigenvalue weighted by Gasteiger charge is -2.25. The normalized spacial score (nSPS) is 12.3. The number of aliphatic hydroxyl groups excluding tert-OH is 1. The number of hydrogen-bond acceptors (Lipinski definition) is 6. The smallest absolute Gasteiger partial charge is 0.251 e. The zero-order chi connectivity index (χ0) is 28.6. The molecule has 1 heterocycles. The van der Waals surface area contributed by atoms with Crippen LogP contribution in [0.2, 0.25) is 0 Å². The molecule has 8 nitrogen and oxygen atoms in total. The number of amides is 1. The van der Waals surface area contributed by atoms with Gasteiger partial charge in [-0.25, -0.2) is 4.98 Å². The van der Waals surface area contributed by atoms with Crippen LogP contribution in [0, 0.1) is 11.3 Å². The van der Waals surface area contributed by atoms with Crippen LogP contribution in [0.3, 0.4) is 0 Å². The summed E-state index contributed by atoms with van der Waals surface area (Å²) in [7, 11) is 0. The lowest BCUT2D eigenvalue weighted by atomic mass is 9.96. The maximum Gasteiger partial charge on any atom is 0.251 e. The van der Waals surface area contributed by atoms with Gasteiger partial charge in [-0.05, 0) is 70.2 Å². The van der Waals surface area contributed by atoms with Crippen LogP contribution in [0.25, 0.3) is 11.3 Å². The number of hydrogen-bond donors (Lipinski definition) is 3. The number of rotatable bonds is 13. The predicted molar refractivity (Wildman–Crippen MR) is 151 cm³/mol. The Hall–Kier alpha value is -3.67. The summed E-state index contributed by atoms with van der Waals surface area (Å²) in [6, 6.07) is 14.6. The Balaban J connectivity index is 1.75. The molecule has 1 atom stereocenters. The summed E-state index contributed by atoms with van der Waals surface area (Å²) in [5.74, 6) is 0.818. The summed E-state index contributed by atoms with van der Waals surface area (Å²) in [4.78, 5) is 17.8. The largest absolute Gasteiger partial charge is 0.490 e. The number of ether oxygens (including phenoxy) is 1. The van der Waals surface area contributed by atoms with Crippen molar-refractivity contribution >= 4 is 5.91 Å². The van der Waals surface area contributed by atoms with E-state index in [9.17, 15) is 20.3 Å². The highest BCUT2D eigenvalue weighted by molar-refractivity contribution is 5.95. The van der Waals surface area contributed by atoms with E-state index < -0.39 is 5.60 Å². The number of benzene rings is 2. The molecule has 2 aromatic carbocycles. The molecule has 1 unspecified atom stereocenters. The van der Waals surface area contributed by atoms with Crippen LogP contribution in [0.15, 0.2) is 48.7 Å². The van der Waals surface area contributed by atoms with Gasteiger partial charge >= 0.3 is 0 Å². The quantitative estimate of drug-likeness (QED) is 0.286. The van der Waals surface area contributed by atoms with Crippen molar-refractivity contribution in [3.8, 4) is 23.1 Å². The van der Waals surface area contributed by atoms with E-state index in [1.807, 2.05) is 69.6 Å². The summed E-state index contributed by atoms with van der Waals surface area (Å²) in [6.07, 6.45) is 3.99. The molecule has 0 radical (unpaired) electrons. The van der Waals surface area contributed by atoms with Gasteiger partial charge in [-0.1, -0.05) is 38.1 Å². The Labute approximate surface area is 231 Å². The summed E-state index contributed by atoms with van der Waals surface area (Å²) >= 11 is 0. The minimum Gasteiger partial charge on any atom is -0.490 e. The van der Waals surface area contributed by atoms with Gasteiger partial charge in [-0.15, -0.1) is 0 Å². The van der Waals surface area contributed by atoms with Crippen molar-refractivity contribution < 1.29 is 19.7 Å². The first-order chi connectivity index (χ1) is 18.7.